The van der Waals surface area contributed by atoms with Gasteiger partial charge in [0.1, 0.15) is 0 Å². The van der Waals surface area contributed by atoms with Crippen LogP contribution in [0.4, 0.5) is 5.69 Å². The third-order valence-corrected chi connectivity index (χ3v) is 2.83. The summed E-state index contributed by atoms with van der Waals surface area (Å²) in [6, 6.07) is 4.86. The summed E-state index contributed by atoms with van der Waals surface area (Å²) in [5.41, 5.74) is 2.21. The smallest absolute Gasteiger partial charge is 0.361 e. The maximum absolute atomic E-state index is 11.0. The highest BCUT2D eigenvalue weighted by atomic mass is 32.2. The molecule has 0 bridgehead atoms. The van der Waals surface area contributed by atoms with Gasteiger partial charge in [-0.1, -0.05) is 0 Å². The predicted molar refractivity (Wildman–Crippen MR) is 65.4 cm³/mol. The minimum absolute atomic E-state index is 0.214. The summed E-state index contributed by atoms with van der Waals surface area (Å²) in [5.74, 6) is -0.906. The SMILES string of the molecule is COC(=O)/C(C=O)=N\Nc1ccc(S(=O)(=O)O)cc1. The van der Waals surface area contributed by atoms with Crippen molar-refractivity contribution in [2.24, 2.45) is 5.10 Å². The van der Waals surface area contributed by atoms with E-state index in [-0.39, 0.29) is 11.2 Å². The molecule has 0 heterocycles. The third kappa shape index (κ3) is 4.16. The van der Waals surface area contributed by atoms with Crippen LogP contribution in [0.2, 0.25) is 0 Å². The van der Waals surface area contributed by atoms with Gasteiger partial charge in [0.05, 0.1) is 17.7 Å². The van der Waals surface area contributed by atoms with E-state index in [0.29, 0.717) is 5.69 Å². The van der Waals surface area contributed by atoms with E-state index in [9.17, 15) is 18.0 Å². The summed E-state index contributed by atoms with van der Waals surface area (Å²) in [6.07, 6.45) is 0.214. The number of nitrogens with one attached hydrogen (secondary N) is 1. The fourth-order valence-electron chi connectivity index (χ4n) is 1.05. The van der Waals surface area contributed by atoms with Crippen molar-refractivity contribution in [2.75, 3.05) is 12.5 Å². The molecule has 19 heavy (non-hydrogen) atoms. The Morgan fingerprint density at radius 1 is 1.37 bits per heavy atom. The molecule has 0 radical (unpaired) electrons. The number of carbonyl (C=O) groups excluding carboxylic acids is 2. The van der Waals surface area contributed by atoms with Crippen molar-refractivity contribution in [1.29, 1.82) is 0 Å². The van der Waals surface area contributed by atoms with E-state index in [1.807, 2.05) is 0 Å². The average molecular weight is 286 g/mol. The van der Waals surface area contributed by atoms with Gasteiger partial charge >= 0.3 is 5.97 Å². The number of nitrogens with zero attached hydrogens (tertiary/aromatic N) is 1. The molecule has 0 atom stereocenters. The Kier molecular flexibility index (Phi) is 4.73. The highest BCUT2D eigenvalue weighted by molar-refractivity contribution is 7.85. The molecular formula is C10H10N2O6S. The second-order valence-corrected chi connectivity index (χ2v) is 4.64. The van der Waals surface area contributed by atoms with Gasteiger partial charge in [-0.15, -0.1) is 0 Å². The zero-order chi connectivity index (χ0) is 14.5. The van der Waals surface area contributed by atoms with Crippen LogP contribution in [0.1, 0.15) is 0 Å². The Morgan fingerprint density at radius 3 is 2.37 bits per heavy atom. The van der Waals surface area contributed by atoms with Crippen LogP contribution in [0.25, 0.3) is 0 Å². The molecule has 2 N–H and O–H groups in total. The zero-order valence-corrected chi connectivity index (χ0v) is 10.5. The molecule has 8 nitrogen and oxygen atoms in total. The van der Waals surface area contributed by atoms with Gasteiger partial charge in [-0.25, -0.2) is 4.79 Å². The average Bonchev–Trinajstić information content (AvgIpc) is 2.38. The molecule has 0 aliphatic heterocycles. The van der Waals surface area contributed by atoms with E-state index in [0.717, 1.165) is 19.2 Å². The van der Waals surface area contributed by atoms with Crippen LogP contribution in [-0.2, 0) is 24.4 Å². The van der Waals surface area contributed by atoms with Crippen LogP contribution in [0.3, 0.4) is 0 Å². The Bertz CT molecular complexity index is 605. The van der Waals surface area contributed by atoms with E-state index < -0.39 is 21.8 Å². The van der Waals surface area contributed by atoms with E-state index in [4.69, 9.17) is 4.55 Å². The monoisotopic (exact) mass is 286 g/mol. The van der Waals surface area contributed by atoms with E-state index in [1.165, 1.54) is 12.1 Å². The van der Waals surface area contributed by atoms with E-state index >= 15 is 0 Å². The summed E-state index contributed by atoms with van der Waals surface area (Å²) >= 11 is 0. The minimum Gasteiger partial charge on any atom is -0.464 e. The molecule has 0 amide bonds. The van der Waals surface area contributed by atoms with Crippen LogP contribution in [-0.4, -0.2) is 38.0 Å². The summed E-state index contributed by atoms with van der Waals surface area (Å²) in [7, 11) is -3.17. The van der Waals surface area contributed by atoms with Crippen molar-refractivity contribution in [3.05, 3.63) is 24.3 Å². The van der Waals surface area contributed by atoms with Crippen LogP contribution >= 0.6 is 0 Å². The van der Waals surface area contributed by atoms with E-state index in [1.54, 1.807) is 0 Å². The van der Waals surface area contributed by atoms with Gasteiger partial charge in [0.25, 0.3) is 10.1 Å². The molecule has 9 heteroatoms. The molecular weight excluding hydrogens is 276 g/mol. The molecule has 1 aromatic carbocycles. The lowest BCUT2D eigenvalue weighted by atomic mass is 10.3. The van der Waals surface area contributed by atoms with Crippen molar-refractivity contribution in [2.45, 2.75) is 4.90 Å². The molecule has 0 spiro atoms. The number of hydrogen-bond acceptors (Lipinski definition) is 7. The molecule has 0 unspecified atom stereocenters. The van der Waals surface area contributed by atoms with Crippen LogP contribution < -0.4 is 5.43 Å². The standard InChI is InChI=1S/C10H10N2O6S/c1-18-10(14)9(6-13)12-11-7-2-4-8(5-3-7)19(15,16)17/h2-6,11H,1H3,(H,15,16,17)/b12-9-. The number of ether oxygens (including phenoxy) is 1. The maximum Gasteiger partial charge on any atom is 0.361 e. The summed E-state index contributed by atoms with van der Waals surface area (Å²) < 4.78 is 34.6. The molecule has 102 valence electrons. The third-order valence-electron chi connectivity index (χ3n) is 1.96. The number of benzene rings is 1. The van der Waals surface area contributed by atoms with Crippen molar-refractivity contribution < 1.29 is 27.3 Å². The molecule has 1 aromatic rings. The normalized spacial score (nSPS) is 11.8. The number of hydrazone groups is 1. The van der Waals surface area contributed by atoms with Gasteiger partial charge in [0.2, 0.25) is 5.71 Å². The van der Waals surface area contributed by atoms with Gasteiger partial charge in [-0.2, -0.15) is 13.5 Å². The fraction of sp³-hybridized carbons (Fsp3) is 0.100. The molecule has 0 saturated carbocycles. The van der Waals surface area contributed by atoms with Gasteiger partial charge in [0.15, 0.2) is 6.29 Å². The lowest BCUT2D eigenvalue weighted by Crippen LogP contribution is -2.18. The first-order valence-corrected chi connectivity index (χ1v) is 6.27. The number of aldehydes is 1. The summed E-state index contributed by atoms with van der Waals surface area (Å²) in [4.78, 5) is 21.3. The van der Waals surface area contributed by atoms with Gasteiger partial charge < -0.3 is 4.74 Å². The largest absolute Gasteiger partial charge is 0.464 e. The number of hydrogen-bond donors (Lipinski definition) is 2. The number of esters is 1. The van der Waals surface area contributed by atoms with Crippen molar-refractivity contribution in [1.82, 2.24) is 0 Å². The first-order chi connectivity index (χ1) is 8.88. The quantitative estimate of drug-likeness (QED) is 0.196. The summed E-state index contributed by atoms with van der Waals surface area (Å²) in [6.45, 7) is 0. The minimum atomic E-state index is -4.27. The highest BCUT2D eigenvalue weighted by Crippen LogP contribution is 2.13. The molecule has 0 aliphatic rings. The van der Waals surface area contributed by atoms with Crippen LogP contribution in [0, 0.1) is 0 Å². The lowest BCUT2D eigenvalue weighted by Gasteiger charge is -2.02. The van der Waals surface area contributed by atoms with Crippen molar-refractivity contribution in [3.8, 4) is 0 Å². The second-order valence-electron chi connectivity index (χ2n) is 3.22. The highest BCUT2D eigenvalue weighted by Gasteiger charge is 2.11. The number of methoxy groups -OCH3 is 1. The molecule has 0 fully saturated rings. The Hall–Kier alpha value is -2.26. The van der Waals surface area contributed by atoms with Crippen LogP contribution in [0.5, 0.6) is 0 Å². The molecule has 0 aromatic heterocycles. The van der Waals surface area contributed by atoms with Crippen LogP contribution in [0.15, 0.2) is 34.3 Å². The van der Waals surface area contributed by atoms with Crippen molar-refractivity contribution >= 4 is 33.8 Å². The van der Waals surface area contributed by atoms with E-state index in [2.05, 4.69) is 15.3 Å². The zero-order valence-electron chi connectivity index (χ0n) is 9.73. The first-order valence-electron chi connectivity index (χ1n) is 4.83. The Balaban J connectivity index is 2.87. The Morgan fingerprint density at radius 2 is 1.95 bits per heavy atom. The first kappa shape index (κ1) is 14.8. The maximum atomic E-state index is 11.0. The fourth-order valence-corrected chi connectivity index (χ4v) is 1.53. The molecule has 0 saturated heterocycles. The number of carbonyl (C=O) groups is 2. The second kappa shape index (κ2) is 6.07. The molecule has 1 rings (SSSR count). The van der Waals surface area contributed by atoms with Gasteiger partial charge in [0, 0.05) is 0 Å². The van der Waals surface area contributed by atoms with Crippen molar-refractivity contribution in [3.63, 3.8) is 0 Å². The Labute approximate surface area is 108 Å². The lowest BCUT2D eigenvalue weighted by molar-refractivity contribution is -0.133. The topological polar surface area (TPSA) is 122 Å². The number of anilines is 1. The predicted octanol–water partition coefficient (Wildman–Crippen LogP) is 0.0731. The molecule has 0 aliphatic carbocycles. The summed E-state index contributed by atoms with van der Waals surface area (Å²) in [5, 5.41) is 3.49. The van der Waals surface area contributed by atoms with Gasteiger partial charge in [-0.3, -0.25) is 14.8 Å². The van der Waals surface area contributed by atoms with Gasteiger partial charge in [-0.05, 0) is 24.3 Å². The number of rotatable bonds is 5.